The molecule has 1 aliphatic heterocycles. The molecule has 2 amide bonds. The second kappa shape index (κ2) is 6.72. The third kappa shape index (κ3) is 3.48. The van der Waals surface area contributed by atoms with Crippen molar-refractivity contribution in [1.82, 2.24) is 19.7 Å². The van der Waals surface area contributed by atoms with Crippen molar-refractivity contribution in [2.45, 2.75) is 26.3 Å². The number of halogens is 1. The minimum absolute atomic E-state index is 0.0304. The summed E-state index contributed by atoms with van der Waals surface area (Å²) in [5.41, 5.74) is 0.602. The normalized spacial score (nSPS) is 17.6. The van der Waals surface area contributed by atoms with Gasteiger partial charge in [-0.05, 0) is 41.9 Å². The number of likely N-dealkylation sites (tertiary alicyclic amines) is 1. The molecule has 24 heavy (non-hydrogen) atoms. The van der Waals surface area contributed by atoms with Crippen molar-refractivity contribution < 1.29 is 9.59 Å². The number of nitrogens with zero attached hydrogens (tertiary/aromatic N) is 4. The van der Waals surface area contributed by atoms with E-state index in [1.165, 1.54) is 0 Å². The van der Waals surface area contributed by atoms with Crippen LogP contribution in [0.2, 0.25) is 0 Å². The smallest absolute Gasteiger partial charge is 0.229 e. The zero-order valence-corrected chi connectivity index (χ0v) is 15.0. The number of carbonyl (C=O) groups excluding carboxylic acids is 2. The Hall–Kier alpha value is -2.22. The van der Waals surface area contributed by atoms with Crippen LogP contribution in [0.25, 0.3) is 5.82 Å². The summed E-state index contributed by atoms with van der Waals surface area (Å²) < 4.78 is 2.49. The van der Waals surface area contributed by atoms with Crippen LogP contribution in [0.15, 0.2) is 35.2 Å². The third-order valence-corrected chi connectivity index (χ3v) is 4.36. The first-order valence-electron chi connectivity index (χ1n) is 7.71. The van der Waals surface area contributed by atoms with Crippen LogP contribution in [-0.2, 0) is 9.59 Å². The van der Waals surface area contributed by atoms with Gasteiger partial charge in [0, 0.05) is 25.2 Å². The largest absolute Gasteiger partial charge is 0.339 e. The number of nitrogens with one attached hydrogen (secondary N) is 1. The van der Waals surface area contributed by atoms with Crippen LogP contribution in [0.1, 0.15) is 20.3 Å². The van der Waals surface area contributed by atoms with Crippen molar-refractivity contribution in [3.63, 3.8) is 0 Å². The van der Waals surface area contributed by atoms with Gasteiger partial charge in [0.15, 0.2) is 5.82 Å². The molecule has 0 aliphatic carbocycles. The van der Waals surface area contributed by atoms with Gasteiger partial charge in [0.25, 0.3) is 0 Å². The molecule has 1 aliphatic rings. The zero-order chi connectivity index (χ0) is 17.3. The van der Waals surface area contributed by atoms with Crippen molar-refractivity contribution in [2.75, 3.05) is 11.9 Å². The molecule has 1 N–H and O–H groups in total. The van der Waals surface area contributed by atoms with Crippen LogP contribution in [0.3, 0.4) is 0 Å². The number of hydrogen-bond acceptors (Lipinski definition) is 4. The highest BCUT2D eigenvalue weighted by Gasteiger charge is 2.35. The molecule has 1 atom stereocenters. The van der Waals surface area contributed by atoms with Gasteiger partial charge in [0.2, 0.25) is 11.8 Å². The molecule has 0 unspecified atom stereocenters. The van der Waals surface area contributed by atoms with Crippen LogP contribution in [0, 0.1) is 5.92 Å². The van der Waals surface area contributed by atoms with Crippen LogP contribution in [-0.4, -0.2) is 44.1 Å². The summed E-state index contributed by atoms with van der Waals surface area (Å²) in [6.07, 6.45) is 5.32. The summed E-state index contributed by atoms with van der Waals surface area (Å²) in [6.45, 7) is 4.37. The second-order valence-corrected chi connectivity index (χ2v) is 6.95. The van der Waals surface area contributed by atoms with E-state index in [0.717, 1.165) is 4.47 Å². The summed E-state index contributed by atoms with van der Waals surface area (Å²) in [5.74, 6) is 0.216. The predicted octanol–water partition coefficient (Wildman–Crippen LogP) is 2.23. The Morgan fingerprint density at radius 2 is 2.17 bits per heavy atom. The van der Waals surface area contributed by atoms with E-state index in [4.69, 9.17) is 0 Å². The highest BCUT2D eigenvalue weighted by atomic mass is 79.9. The number of aromatic nitrogens is 3. The first-order chi connectivity index (χ1) is 11.4. The SMILES string of the molecule is CC(C)N1C[C@H](C(=O)Nc2ccc(-n3cc(Br)cn3)nc2)CC1=O. The molecule has 0 bridgehead atoms. The predicted molar refractivity (Wildman–Crippen MR) is 92.6 cm³/mol. The lowest BCUT2D eigenvalue weighted by Crippen LogP contribution is -2.33. The van der Waals surface area contributed by atoms with Gasteiger partial charge in [-0.15, -0.1) is 0 Å². The minimum Gasteiger partial charge on any atom is -0.339 e. The molecule has 0 spiro atoms. The monoisotopic (exact) mass is 391 g/mol. The summed E-state index contributed by atoms with van der Waals surface area (Å²) in [6, 6.07) is 3.66. The van der Waals surface area contributed by atoms with Crippen LogP contribution in [0.4, 0.5) is 5.69 Å². The van der Waals surface area contributed by atoms with Gasteiger partial charge in [0.1, 0.15) is 0 Å². The molecule has 0 saturated carbocycles. The molecule has 1 saturated heterocycles. The molecule has 0 aromatic carbocycles. The molecule has 0 radical (unpaired) electrons. The lowest BCUT2D eigenvalue weighted by atomic mass is 10.1. The van der Waals surface area contributed by atoms with Crippen molar-refractivity contribution in [2.24, 2.45) is 5.92 Å². The maximum absolute atomic E-state index is 12.3. The Morgan fingerprint density at radius 1 is 1.38 bits per heavy atom. The van der Waals surface area contributed by atoms with E-state index in [-0.39, 0.29) is 30.2 Å². The van der Waals surface area contributed by atoms with Gasteiger partial charge >= 0.3 is 0 Å². The molecule has 8 heteroatoms. The second-order valence-electron chi connectivity index (χ2n) is 6.04. The summed E-state index contributed by atoms with van der Waals surface area (Å²) in [5, 5.41) is 6.98. The number of anilines is 1. The lowest BCUT2D eigenvalue weighted by molar-refractivity contribution is -0.129. The molecule has 3 heterocycles. The quantitative estimate of drug-likeness (QED) is 0.866. The van der Waals surface area contributed by atoms with Crippen molar-refractivity contribution in [3.8, 4) is 5.82 Å². The van der Waals surface area contributed by atoms with Gasteiger partial charge in [-0.25, -0.2) is 9.67 Å². The van der Waals surface area contributed by atoms with Crippen LogP contribution < -0.4 is 5.32 Å². The van der Waals surface area contributed by atoms with Gasteiger partial charge in [0.05, 0.1) is 28.5 Å². The first kappa shape index (κ1) is 16.6. The standard InChI is InChI=1S/C16H18BrN5O2/c1-10(2)21-8-11(5-15(21)23)16(24)20-13-3-4-14(18-7-13)22-9-12(17)6-19-22/h3-4,6-7,9-11H,5,8H2,1-2H3,(H,20,24)/t11-/m1/s1. The van der Waals surface area contributed by atoms with Crippen molar-refractivity contribution in [3.05, 3.63) is 35.2 Å². The fourth-order valence-corrected chi connectivity index (χ4v) is 2.96. The Kier molecular flexibility index (Phi) is 4.66. The molecule has 1 fully saturated rings. The van der Waals surface area contributed by atoms with E-state index in [1.807, 2.05) is 13.8 Å². The Bertz CT molecular complexity index is 756. The number of rotatable bonds is 4. The van der Waals surface area contributed by atoms with Gasteiger partial charge < -0.3 is 10.2 Å². The van der Waals surface area contributed by atoms with Crippen molar-refractivity contribution in [1.29, 1.82) is 0 Å². The molecular formula is C16H18BrN5O2. The highest BCUT2D eigenvalue weighted by Crippen LogP contribution is 2.22. The van der Waals surface area contributed by atoms with E-state index >= 15 is 0 Å². The first-order valence-corrected chi connectivity index (χ1v) is 8.50. The van der Waals surface area contributed by atoms with Crippen LogP contribution >= 0.6 is 15.9 Å². The Labute approximate surface area is 148 Å². The Morgan fingerprint density at radius 3 is 2.71 bits per heavy atom. The van der Waals surface area contributed by atoms with Gasteiger partial charge in [-0.3, -0.25) is 9.59 Å². The fourth-order valence-electron chi connectivity index (χ4n) is 2.67. The van der Waals surface area contributed by atoms with E-state index in [2.05, 4.69) is 31.3 Å². The van der Waals surface area contributed by atoms with Crippen molar-refractivity contribution >= 4 is 33.4 Å². The molecular weight excluding hydrogens is 374 g/mol. The van der Waals surface area contributed by atoms with E-state index in [9.17, 15) is 9.59 Å². The maximum atomic E-state index is 12.3. The fraction of sp³-hybridized carbons (Fsp3) is 0.375. The molecule has 2 aromatic heterocycles. The van der Waals surface area contributed by atoms with E-state index in [0.29, 0.717) is 18.1 Å². The Balaban J connectivity index is 1.64. The molecule has 126 valence electrons. The van der Waals surface area contributed by atoms with Crippen LogP contribution in [0.5, 0.6) is 0 Å². The maximum Gasteiger partial charge on any atom is 0.229 e. The molecule has 7 nitrogen and oxygen atoms in total. The van der Waals surface area contributed by atoms with E-state index < -0.39 is 0 Å². The summed E-state index contributed by atoms with van der Waals surface area (Å²) >= 11 is 3.33. The summed E-state index contributed by atoms with van der Waals surface area (Å²) in [7, 11) is 0. The number of hydrogen-bond donors (Lipinski definition) is 1. The average Bonchev–Trinajstić information content (AvgIpc) is 3.14. The number of carbonyl (C=O) groups is 2. The van der Waals surface area contributed by atoms with Gasteiger partial charge in [-0.1, -0.05) is 0 Å². The number of amides is 2. The summed E-state index contributed by atoms with van der Waals surface area (Å²) in [4.78, 5) is 30.3. The van der Waals surface area contributed by atoms with E-state index in [1.54, 1.807) is 40.3 Å². The average molecular weight is 392 g/mol. The van der Waals surface area contributed by atoms with Gasteiger partial charge in [-0.2, -0.15) is 5.10 Å². The minimum atomic E-state index is -0.318. The lowest BCUT2D eigenvalue weighted by Gasteiger charge is -2.20. The number of pyridine rings is 1. The molecule has 3 rings (SSSR count). The molecule has 2 aromatic rings. The zero-order valence-electron chi connectivity index (χ0n) is 13.4. The highest BCUT2D eigenvalue weighted by molar-refractivity contribution is 9.10. The topological polar surface area (TPSA) is 80.1 Å². The third-order valence-electron chi connectivity index (χ3n) is 3.95.